The fourth-order valence-electron chi connectivity index (χ4n) is 1.74. The maximum absolute atomic E-state index is 12.4. The number of hydrogen-bond donors (Lipinski definition) is 0. The minimum atomic E-state index is -0.298. The molecule has 7 heteroatoms. The molecule has 0 aliphatic rings. The van der Waals surface area contributed by atoms with E-state index in [1.807, 2.05) is 20.8 Å². The number of carbonyl (C=O) groups is 1. The summed E-state index contributed by atoms with van der Waals surface area (Å²) >= 11 is 0. The van der Waals surface area contributed by atoms with E-state index in [2.05, 4.69) is 15.2 Å². The molecule has 0 saturated heterocycles. The van der Waals surface area contributed by atoms with Gasteiger partial charge in [0.15, 0.2) is 5.82 Å². The van der Waals surface area contributed by atoms with E-state index in [0.29, 0.717) is 17.4 Å². The summed E-state index contributed by atoms with van der Waals surface area (Å²) in [6.45, 7) is 7.60. The van der Waals surface area contributed by atoms with Crippen LogP contribution in [0.3, 0.4) is 0 Å². The second kappa shape index (κ2) is 5.44. The highest BCUT2D eigenvalue weighted by molar-refractivity contribution is 5.92. The maximum atomic E-state index is 12.4. The second-order valence-corrected chi connectivity index (χ2v) is 5.05. The van der Waals surface area contributed by atoms with Gasteiger partial charge < -0.3 is 9.42 Å². The molecule has 0 radical (unpaired) electrons. The Morgan fingerprint density at radius 2 is 2.10 bits per heavy atom. The normalized spacial score (nSPS) is 12.7. The van der Waals surface area contributed by atoms with Gasteiger partial charge in [-0.25, -0.2) is 0 Å². The number of carbonyl (C=O) groups excluding carboxylic acids is 1. The molecule has 7 nitrogen and oxygen atoms in total. The van der Waals surface area contributed by atoms with Crippen LogP contribution in [-0.2, 0) is 0 Å². The van der Waals surface area contributed by atoms with Crippen molar-refractivity contribution < 1.29 is 9.32 Å². The summed E-state index contributed by atoms with van der Waals surface area (Å²) in [5.74, 6) is 0.797. The van der Waals surface area contributed by atoms with Crippen molar-refractivity contribution in [3.05, 3.63) is 29.7 Å². The van der Waals surface area contributed by atoms with Gasteiger partial charge in [0.05, 0.1) is 0 Å². The second-order valence-electron chi connectivity index (χ2n) is 5.05. The van der Waals surface area contributed by atoms with Gasteiger partial charge >= 0.3 is 0 Å². The molecular formula is C13H19N5O2. The lowest BCUT2D eigenvalue weighted by Crippen LogP contribution is -2.30. The van der Waals surface area contributed by atoms with Crippen LogP contribution in [0.2, 0.25) is 0 Å². The van der Waals surface area contributed by atoms with E-state index in [4.69, 9.17) is 4.52 Å². The Labute approximate surface area is 117 Å². The Morgan fingerprint density at radius 3 is 2.60 bits per heavy atom. The fraction of sp³-hybridized carbons (Fsp3) is 0.538. The summed E-state index contributed by atoms with van der Waals surface area (Å²) in [6, 6.07) is 1.63. The number of amides is 1. The molecule has 2 rings (SSSR count). The third-order valence-corrected chi connectivity index (χ3v) is 3.16. The zero-order chi connectivity index (χ0) is 14.9. The SMILES string of the molecule is Cc1noc(C(C)N(C)C(=O)c2ccn(C(C)C)n2)n1. The van der Waals surface area contributed by atoms with Crippen LogP contribution in [0, 0.1) is 6.92 Å². The van der Waals surface area contributed by atoms with E-state index in [1.54, 1.807) is 35.8 Å². The molecule has 2 aromatic heterocycles. The smallest absolute Gasteiger partial charge is 0.274 e. The van der Waals surface area contributed by atoms with Crippen LogP contribution in [0.5, 0.6) is 0 Å². The summed E-state index contributed by atoms with van der Waals surface area (Å²) < 4.78 is 6.85. The van der Waals surface area contributed by atoms with Crippen molar-refractivity contribution in [3.8, 4) is 0 Å². The monoisotopic (exact) mass is 277 g/mol. The van der Waals surface area contributed by atoms with E-state index in [9.17, 15) is 4.79 Å². The number of hydrogen-bond acceptors (Lipinski definition) is 5. The predicted octanol–water partition coefficient (Wildman–Crippen LogP) is 1.99. The Bertz CT molecular complexity index is 601. The maximum Gasteiger partial charge on any atom is 0.274 e. The first kappa shape index (κ1) is 14.2. The van der Waals surface area contributed by atoms with Crippen LogP contribution in [-0.4, -0.2) is 37.8 Å². The van der Waals surface area contributed by atoms with Crippen LogP contribution in [0.15, 0.2) is 16.8 Å². The van der Waals surface area contributed by atoms with Gasteiger partial charge in [0, 0.05) is 19.3 Å². The third-order valence-electron chi connectivity index (χ3n) is 3.16. The Hall–Kier alpha value is -2.18. The van der Waals surface area contributed by atoms with E-state index in [0.717, 1.165) is 0 Å². The average molecular weight is 277 g/mol. The van der Waals surface area contributed by atoms with E-state index in [1.165, 1.54) is 0 Å². The fourth-order valence-corrected chi connectivity index (χ4v) is 1.74. The highest BCUT2D eigenvalue weighted by Crippen LogP contribution is 2.18. The predicted molar refractivity (Wildman–Crippen MR) is 72.2 cm³/mol. The minimum absolute atomic E-state index is 0.173. The molecule has 0 spiro atoms. The molecule has 0 saturated carbocycles. The molecule has 108 valence electrons. The Morgan fingerprint density at radius 1 is 1.40 bits per heavy atom. The van der Waals surface area contributed by atoms with E-state index >= 15 is 0 Å². The summed E-state index contributed by atoms with van der Waals surface area (Å²) in [5, 5.41) is 8.01. The molecule has 0 aliphatic heterocycles. The number of nitrogens with zero attached hydrogens (tertiary/aromatic N) is 5. The number of aromatic nitrogens is 4. The molecule has 1 amide bonds. The first-order valence-corrected chi connectivity index (χ1v) is 6.52. The first-order chi connectivity index (χ1) is 9.40. The molecule has 20 heavy (non-hydrogen) atoms. The topological polar surface area (TPSA) is 77.0 Å². The van der Waals surface area contributed by atoms with Gasteiger partial charge in [-0.2, -0.15) is 10.1 Å². The number of aryl methyl sites for hydroxylation is 1. The first-order valence-electron chi connectivity index (χ1n) is 6.52. The lowest BCUT2D eigenvalue weighted by Gasteiger charge is -2.20. The quantitative estimate of drug-likeness (QED) is 0.854. The molecule has 0 aliphatic carbocycles. The zero-order valence-corrected chi connectivity index (χ0v) is 12.4. The largest absolute Gasteiger partial charge is 0.337 e. The number of rotatable bonds is 4. The van der Waals surface area contributed by atoms with Gasteiger partial charge in [-0.15, -0.1) is 0 Å². The van der Waals surface area contributed by atoms with Crippen molar-refractivity contribution in [2.75, 3.05) is 7.05 Å². The Kier molecular flexibility index (Phi) is 3.87. The summed E-state index contributed by atoms with van der Waals surface area (Å²) in [6.07, 6.45) is 1.80. The molecule has 0 bridgehead atoms. The minimum Gasteiger partial charge on any atom is -0.337 e. The molecule has 1 unspecified atom stereocenters. The van der Waals surface area contributed by atoms with Gasteiger partial charge in [0.25, 0.3) is 5.91 Å². The van der Waals surface area contributed by atoms with Crippen molar-refractivity contribution >= 4 is 5.91 Å². The molecule has 0 aromatic carbocycles. The molecule has 2 heterocycles. The van der Waals surface area contributed by atoms with Crippen molar-refractivity contribution in [1.82, 2.24) is 24.8 Å². The van der Waals surface area contributed by atoms with Crippen LogP contribution in [0.1, 0.15) is 55.1 Å². The summed E-state index contributed by atoms with van der Waals surface area (Å²) in [4.78, 5) is 18.0. The third kappa shape index (κ3) is 2.71. The van der Waals surface area contributed by atoms with Crippen LogP contribution in [0.4, 0.5) is 0 Å². The lowest BCUT2D eigenvalue weighted by molar-refractivity contribution is 0.0709. The van der Waals surface area contributed by atoms with Gasteiger partial charge in [-0.05, 0) is 33.8 Å². The zero-order valence-electron chi connectivity index (χ0n) is 12.4. The van der Waals surface area contributed by atoms with Gasteiger partial charge in [-0.1, -0.05) is 5.16 Å². The van der Waals surface area contributed by atoms with Crippen molar-refractivity contribution in [2.24, 2.45) is 0 Å². The molecular weight excluding hydrogens is 258 g/mol. The summed E-state index contributed by atoms with van der Waals surface area (Å²) in [5.41, 5.74) is 0.407. The van der Waals surface area contributed by atoms with Crippen molar-refractivity contribution in [3.63, 3.8) is 0 Å². The molecule has 2 aromatic rings. The highest BCUT2D eigenvalue weighted by atomic mass is 16.5. The van der Waals surface area contributed by atoms with Gasteiger partial charge in [0.1, 0.15) is 11.7 Å². The van der Waals surface area contributed by atoms with E-state index in [-0.39, 0.29) is 18.0 Å². The van der Waals surface area contributed by atoms with Crippen LogP contribution < -0.4 is 0 Å². The highest BCUT2D eigenvalue weighted by Gasteiger charge is 2.24. The molecule has 0 fully saturated rings. The van der Waals surface area contributed by atoms with Crippen LogP contribution in [0.25, 0.3) is 0 Å². The van der Waals surface area contributed by atoms with E-state index < -0.39 is 0 Å². The Balaban J connectivity index is 2.15. The van der Waals surface area contributed by atoms with Crippen molar-refractivity contribution in [2.45, 2.75) is 39.8 Å². The molecule has 1 atom stereocenters. The summed E-state index contributed by atoms with van der Waals surface area (Å²) in [7, 11) is 1.70. The van der Waals surface area contributed by atoms with Crippen molar-refractivity contribution in [1.29, 1.82) is 0 Å². The molecule has 0 N–H and O–H groups in total. The lowest BCUT2D eigenvalue weighted by atomic mass is 10.2. The van der Waals surface area contributed by atoms with Gasteiger partial charge in [0.2, 0.25) is 5.89 Å². The van der Waals surface area contributed by atoms with Gasteiger partial charge in [-0.3, -0.25) is 9.48 Å². The van der Waals surface area contributed by atoms with Crippen LogP contribution >= 0.6 is 0 Å². The standard InChI is InChI=1S/C13H19N5O2/c1-8(2)18-7-6-11(15-18)13(19)17(5)9(3)12-14-10(4)16-20-12/h6-9H,1-5H3. The average Bonchev–Trinajstić information content (AvgIpc) is 3.04.